The first kappa shape index (κ1) is 14.5. The van der Waals surface area contributed by atoms with Crippen LogP contribution in [0.3, 0.4) is 0 Å². The fourth-order valence-corrected chi connectivity index (χ4v) is 2.88. The van der Waals surface area contributed by atoms with Gasteiger partial charge in [-0.1, -0.05) is 30.3 Å². The van der Waals surface area contributed by atoms with E-state index in [0.717, 1.165) is 21.8 Å². The largest absolute Gasteiger partial charge is 0.352 e. The van der Waals surface area contributed by atoms with Gasteiger partial charge in [0.2, 0.25) is 5.91 Å². The maximum atomic E-state index is 12.0. The van der Waals surface area contributed by atoms with Crippen LogP contribution in [0.5, 0.6) is 0 Å². The van der Waals surface area contributed by atoms with Gasteiger partial charge < -0.3 is 5.32 Å². The lowest BCUT2D eigenvalue weighted by Gasteiger charge is -2.03. The Morgan fingerprint density at radius 2 is 2.14 bits per heavy atom. The summed E-state index contributed by atoms with van der Waals surface area (Å²) >= 11 is 1.49. The number of rotatable bonds is 5. The van der Waals surface area contributed by atoms with Crippen LogP contribution in [-0.2, 0) is 24.8 Å². The average molecular weight is 312 g/mol. The van der Waals surface area contributed by atoms with Crippen molar-refractivity contribution in [1.82, 2.24) is 20.1 Å². The van der Waals surface area contributed by atoms with Gasteiger partial charge in [0, 0.05) is 30.7 Å². The highest BCUT2D eigenvalue weighted by atomic mass is 32.1. The number of aromatic nitrogens is 3. The van der Waals surface area contributed by atoms with Gasteiger partial charge in [-0.3, -0.25) is 9.48 Å². The van der Waals surface area contributed by atoms with Crippen LogP contribution in [0.4, 0.5) is 0 Å². The first-order chi connectivity index (χ1) is 10.7. The Balaban J connectivity index is 1.57. The van der Waals surface area contributed by atoms with E-state index in [-0.39, 0.29) is 5.91 Å². The summed E-state index contributed by atoms with van der Waals surface area (Å²) in [4.78, 5) is 16.5. The Morgan fingerprint density at radius 3 is 2.86 bits per heavy atom. The van der Waals surface area contributed by atoms with Crippen LogP contribution in [0.2, 0.25) is 0 Å². The van der Waals surface area contributed by atoms with Gasteiger partial charge in [-0.2, -0.15) is 5.10 Å². The monoisotopic (exact) mass is 312 g/mol. The van der Waals surface area contributed by atoms with Crippen molar-refractivity contribution in [3.63, 3.8) is 0 Å². The first-order valence-electron chi connectivity index (χ1n) is 6.95. The number of carbonyl (C=O) groups is 1. The second kappa shape index (κ2) is 6.53. The van der Waals surface area contributed by atoms with Crippen molar-refractivity contribution in [3.8, 4) is 11.3 Å². The normalized spacial score (nSPS) is 10.6. The van der Waals surface area contributed by atoms with Crippen molar-refractivity contribution >= 4 is 17.2 Å². The molecule has 5 nitrogen and oxygen atoms in total. The quantitative estimate of drug-likeness (QED) is 0.787. The molecule has 6 heteroatoms. The van der Waals surface area contributed by atoms with Crippen molar-refractivity contribution in [1.29, 1.82) is 0 Å². The van der Waals surface area contributed by atoms with Crippen LogP contribution in [0.25, 0.3) is 11.3 Å². The van der Waals surface area contributed by atoms with Crippen molar-refractivity contribution in [2.24, 2.45) is 7.05 Å². The van der Waals surface area contributed by atoms with Gasteiger partial charge in [-0.05, 0) is 5.56 Å². The van der Waals surface area contributed by atoms with Crippen molar-refractivity contribution in [3.05, 3.63) is 58.7 Å². The highest BCUT2D eigenvalue weighted by molar-refractivity contribution is 7.10. The SMILES string of the molecule is Cn1cc(-c2csc(CC(=O)NCc3ccccc3)n2)cn1. The van der Waals surface area contributed by atoms with Crippen LogP contribution in [0.15, 0.2) is 48.1 Å². The number of nitrogens with one attached hydrogen (secondary N) is 1. The lowest BCUT2D eigenvalue weighted by molar-refractivity contribution is -0.120. The number of hydrogen-bond acceptors (Lipinski definition) is 4. The van der Waals surface area contributed by atoms with E-state index < -0.39 is 0 Å². The van der Waals surface area contributed by atoms with E-state index in [9.17, 15) is 4.79 Å². The standard InChI is InChI=1S/C16H16N4OS/c1-20-10-13(9-18-20)14-11-22-16(19-14)7-15(21)17-8-12-5-3-2-4-6-12/h2-6,9-11H,7-8H2,1H3,(H,17,21). The zero-order chi connectivity index (χ0) is 15.4. The fourth-order valence-electron chi connectivity index (χ4n) is 2.07. The molecule has 3 aromatic rings. The van der Waals surface area contributed by atoms with Gasteiger partial charge in [-0.25, -0.2) is 4.98 Å². The molecule has 1 N–H and O–H groups in total. The van der Waals surface area contributed by atoms with Crippen LogP contribution in [0, 0.1) is 0 Å². The summed E-state index contributed by atoms with van der Waals surface area (Å²) in [7, 11) is 1.87. The minimum absolute atomic E-state index is 0.0176. The molecule has 0 saturated heterocycles. The zero-order valence-corrected chi connectivity index (χ0v) is 13.0. The predicted octanol–water partition coefficient (Wildman–Crippen LogP) is 2.40. The Morgan fingerprint density at radius 1 is 1.32 bits per heavy atom. The first-order valence-corrected chi connectivity index (χ1v) is 7.83. The lowest BCUT2D eigenvalue weighted by atomic mass is 10.2. The summed E-state index contributed by atoms with van der Waals surface area (Å²) in [6.45, 7) is 0.542. The average Bonchev–Trinajstić information content (AvgIpc) is 3.15. The Hall–Kier alpha value is -2.47. The molecule has 0 saturated carbocycles. The third-order valence-electron chi connectivity index (χ3n) is 3.20. The van der Waals surface area contributed by atoms with Gasteiger partial charge in [0.25, 0.3) is 0 Å². The third-order valence-corrected chi connectivity index (χ3v) is 4.05. The molecule has 0 aliphatic heterocycles. The summed E-state index contributed by atoms with van der Waals surface area (Å²) in [6.07, 6.45) is 3.99. The van der Waals surface area contributed by atoms with Crippen LogP contribution in [0.1, 0.15) is 10.6 Å². The maximum Gasteiger partial charge on any atom is 0.227 e. The van der Waals surface area contributed by atoms with E-state index >= 15 is 0 Å². The van der Waals surface area contributed by atoms with E-state index in [0.29, 0.717) is 13.0 Å². The topological polar surface area (TPSA) is 59.8 Å². The number of nitrogens with zero attached hydrogens (tertiary/aromatic N) is 3. The van der Waals surface area contributed by atoms with E-state index in [1.807, 2.05) is 49.0 Å². The highest BCUT2D eigenvalue weighted by Crippen LogP contribution is 2.21. The number of aryl methyl sites for hydroxylation is 1. The number of thiazole rings is 1. The molecule has 0 spiro atoms. The molecule has 2 aromatic heterocycles. The van der Waals surface area contributed by atoms with Crippen LogP contribution in [-0.4, -0.2) is 20.7 Å². The van der Waals surface area contributed by atoms with Gasteiger partial charge in [0.15, 0.2) is 0 Å². The van der Waals surface area contributed by atoms with Gasteiger partial charge in [0.1, 0.15) is 5.01 Å². The van der Waals surface area contributed by atoms with E-state index in [2.05, 4.69) is 15.4 Å². The number of hydrogen-bond donors (Lipinski definition) is 1. The molecule has 0 unspecified atom stereocenters. The third kappa shape index (κ3) is 3.59. The minimum atomic E-state index is -0.0176. The molecule has 0 aliphatic carbocycles. The molecule has 0 atom stereocenters. The maximum absolute atomic E-state index is 12.0. The molecule has 1 aromatic carbocycles. The molecule has 22 heavy (non-hydrogen) atoms. The number of benzene rings is 1. The Labute approximate surface area is 132 Å². The lowest BCUT2D eigenvalue weighted by Crippen LogP contribution is -2.24. The van der Waals surface area contributed by atoms with Gasteiger partial charge in [-0.15, -0.1) is 11.3 Å². The molecule has 0 bridgehead atoms. The molecule has 3 rings (SSSR count). The van der Waals surface area contributed by atoms with Gasteiger partial charge >= 0.3 is 0 Å². The van der Waals surface area contributed by atoms with E-state index in [4.69, 9.17) is 0 Å². The number of amides is 1. The summed E-state index contributed by atoms with van der Waals surface area (Å²) < 4.78 is 1.74. The molecule has 0 radical (unpaired) electrons. The Bertz CT molecular complexity index is 763. The smallest absolute Gasteiger partial charge is 0.227 e. The Kier molecular flexibility index (Phi) is 4.29. The second-order valence-electron chi connectivity index (χ2n) is 4.97. The molecule has 0 fully saturated rings. The van der Waals surface area contributed by atoms with Crippen LogP contribution < -0.4 is 5.32 Å². The van der Waals surface area contributed by atoms with Gasteiger partial charge in [0.05, 0.1) is 18.3 Å². The summed E-state index contributed by atoms with van der Waals surface area (Å²) in [5.41, 5.74) is 2.92. The zero-order valence-electron chi connectivity index (χ0n) is 12.2. The van der Waals surface area contributed by atoms with E-state index in [1.165, 1.54) is 11.3 Å². The predicted molar refractivity (Wildman–Crippen MR) is 86.3 cm³/mol. The molecular weight excluding hydrogens is 296 g/mol. The highest BCUT2D eigenvalue weighted by Gasteiger charge is 2.10. The van der Waals surface area contributed by atoms with E-state index in [1.54, 1.807) is 10.9 Å². The minimum Gasteiger partial charge on any atom is -0.352 e. The number of carbonyl (C=O) groups excluding carboxylic acids is 1. The molecule has 1 amide bonds. The summed E-state index contributed by atoms with van der Waals surface area (Å²) in [6, 6.07) is 9.86. The van der Waals surface area contributed by atoms with Crippen LogP contribution >= 0.6 is 11.3 Å². The van der Waals surface area contributed by atoms with Crippen molar-refractivity contribution < 1.29 is 4.79 Å². The molecular formula is C16H16N4OS. The summed E-state index contributed by atoms with van der Waals surface area (Å²) in [5, 5.41) is 9.80. The molecule has 112 valence electrons. The molecule has 2 heterocycles. The molecule has 0 aliphatic rings. The second-order valence-corrected chi connectivity index (χ2v) is 5.91. The summed E-state index contributed by atoms with van der Waals surface area (Å²) in [5.74, 6) is -0.0176. The van der Waals surface area contributed by atoms with Crippen molar-refractivity contribution in [2.75, 3.05) is 0 Å². The van der Waals surface area contributed by atoms with Crippen molar-refractivity contribution in [2.45, 2.75) is 13.0 Å². The fraction of sp³-hybridized carbons (Fsp3) is 0.188.